The minimum atomic E-state index is -0.787. The Hall–Kier alpha value is -0.940. The molecule has 0 bridgehead atoms. The number of benzene rings is 1. The van der Waals surface area contributed by atoms with Crippen molar-refractivity contribution in [1.82, 2.24) is 5.32 Å². The van der Waals surface area contributed by atoms with Crippen molar-refractivity contribution in [2.24, 2.45) is 5.92 Å². The molecule has 2 rings (SSSR count). The Labute approximate surface area is 107 Å². The highest BCUT2D eigenvalue weighted by molar-refractivity contribution is 5.26. The molecule has 0 aliphatic carbocycles. The van der Waals surface area contributed by atoms with E-state index in [1.165, 1.54) is 0 Å². The summed E-state index contributed by atoms with van der Waals surface area (Å²) in [6, 6.07) is 7.95. The molecule has 1 fully saturated rings. The van der Waals surface area contributed by atoms with Crippen molar-refractivity contribution in [2.75, 3.05) is 19.7 Å². The molecule has 0 saturated carbocycles. The molecule has 4 nitrogen and oxygen atoms in total. The summed E-state index contributed by atoms with van der Waals surface area (Å²) < 4.78 is 0. The van der Waals surface area contributed by atoms with E-state index in [2.05, 4.69) is 5.32 Å². The van der Waals surface area contributed by atoms with E-state index < -0.39 is 12.2 Å². The molecule has 1 aliphatic rings. The molecule has 18 heavy (non-hydrogen) atoms. The van der Waals surface area contributed by atoms with Gasteiger partial charge in [-0.2, -0.15) is 0 Å². The van der Waals surface area contributed by atoms with Crippen LogP contribution in [0.3, 0.4) is 0 Å². The van der Waals surface area contributed by atoms with E-state index in [-0.39, 0.29) is 18.4 Å². The van der Waals surface area contributed by atoms with Gasteiger partial charge in [0.1, 0.15) is 0 Å². The summed E-state index contributed by atoms with van der Waals surface area (Å²) >= 11 is 0. The molecule has 1 aromatic carbocycles. The number of hydrogen-bond acceptors (Lipinski definition) is 4. The maximum atomic E-state index is 10.1. The van der Waals surface area contributed by atoms with Gasteiger partial charge in [-0.1, -0.05) is 29.8 Å². The van der Waals surface area contributed by atoms with Crippen LogP contribution >= 0.6 is 0 Å². The fourth-order valence-corrected chi connectivity index (χ4v) is 2.61. The number of aliphatic hydroxyl groups is 3. The van der Waals surface area contributed by atoms with Gasteiger partial charge in [0.05, 0.1) is 18.8 Å². The third kappa shape index (κ3) is 2.72. The van der Waals surface area contributed by atoms with Gasteiger partial charge in [-0.3, -0.25) is 0 Å². The van der Waals surface area contributed by atoms with Crippen molar-refractivity contribution >= 4 is 0 Å². The largest absolute Gasteiger partial charge is 0.396 e. The molecule has 1 saturated heterocycles. The normalized spacial score (nSPS) is 30.1. The van der Waals surface area contributed by atoms with E-state index in [9.17, 15) is 15.3 Å². The average molecular weight is 251 g/mol. The molecule has 100 valence electrons. The lowest BCUT2D eigenvalue weighted by Gasteiger charge is -2.37. The van der Waals surface area contributed by atoms with Crippen molar-refractivity contribution < 1.29 is 15.3 Å². The van der Waals surface area contributed by atoms with Crippen LogP contribution in [-0.4, -0.2) is 47.2 Å². The van der Waals surface area contributed by atoms with Gasteiger partial charge >= 0.3 is 0 Å². The van der Waals surface area contributed by atoms with Crippen LogP contribution in [0.25, 0.3) is 0 Å². The molecule has 0 amide bonds. The summed E-state index contributed by atoms with van der Waals surface area (Å²) in [4.78, 5) is 0. The number of hydrogen-bond donors (Lipinski definition) is 4. The zero-order chi connectivity index (χ0) is 13.1. The molecule has 4 N–H and O–H groups in total. The standard InChI is InChI=1S/C14H21NO3/c1-9-2-4-10(5-3-9)12(8-16)11-6-15-7-13(17)14(11)18/h2-5,11-18H,6-8H2,1H3/t11-,12?,13-,14-/m1/s1. The topological polar surface area (TPSA) is 72.7 Å². The monoisotopic (exact) mass is 251 g/mol. The Kier molecular flexibility index (Phi) is 4.35. The van der Waals surface area contributed by atoms with E-state index in [1.807, 2.05) is 31.2 Å². The molecule has 1 heterocycles. The van der Waals surface area contributed by atoms with Gasteiger partial charge in [-0.25, -0.2) is 0 Å². The predicted molar refractivity (Wildman–Crippen MR) is 69.4 cm³/mol. The average Bonchev–Trinajstić information content (AvgIpc) is 2.37. The van der Waals surface area contributed by atoms with Crippen LogP contribution in [0, 0.1) is 12.8 Å². The number of aryl methyl sites for hydroxylation is 1. The Morgan fingerprint density at radius 3 is 2.50 bits per heavy atom. The molecule has 1 unspecified atom stereocenters. The van der Waals surface area contributed by atoms with E-state index in [0.717, 1.165) is 11.1 Å². The lowest BCUT2D eigenvalue weighted by Crippen LogP contribution is -2.52. The molecular weight excluding hydrogens is 230 g/mol. The summed E-state index contributed by atoms with van der Waals surface area (Å²) in [5.41, 5.74) is 2.17. The molecule has 0 aromatic heterocycles. The summed E-state index contributed by atoms with van der Waals surface area (Å²) in [7, 11) is 0. The van der Waals surface area contributed by atoms with Crippen LogP contribution in [0.2, 0.25) is 0 Å². The van der Waals surface area contributed by atoms with Crippen molar-refractivity contribution in [3.05, 3.63) is 35.4 Å². The van der Waals surface area contributed by atoms with Gasteiger partial charge in [0.2, 0.25) is 0 Å². The fourth-order valence-electron chi connectivity index (χ4n) is 2.61. The maximum Gasteiger partial charge on any atom is 0.0926 e. The van der Waals surface area contributed by atoms with Gasteiger partial charge in [0.25, 0.3) is 0 Å². The van der Waals surface area contributed by atoms with Crippen LogP contribution in [0.1, 0.15) is 17.0 Å². The van der Waals surface area contributed by atoms with Crippen molar-refractivity contribution in [3.63, 3.8) is 0 Å². The number of piperidine rings is 1. The summed E-state index contributed by atoms with van der Waals surface area (Å²) in [6.45, 7) is 3.00. The SMILES string of the molecule is Cc1ccc(C(CO)[C@H]2CNC[C@@H](O)[C@@H]2O)cc1. The highest BCUT2D eigenvalue weighted by atomic mass is 16.3. The molecule has 1 aromatic rings. The highest BCUT2D eigenvalue weighted by Crippen LogP contribution is 2.29. The van der Waals surface area contributed by atoms with Crippen LogP contribution < -0.4 is 5.32 Å². The third-order valence-electron chi connectivity index (χ3n) is 3.79. The maximum absolute atomic E-state index is 10.1. The first-order chi connectivity index (χ1) is 8.63. The minimum Gasteiger partial charge on any atom is -0.396 e. The van der Waals surface area contributed by atoms with E-state index in [4.69, 9.17) is 0 Å². The Balaban J connectivity index is 2.19. The van der Waals surface area contributed by atoms with Gasteiger partial charge in [0, 0.05) is 24.9 Å². The van der Waals surface area contributed by atoms with Crippen LogP contribution in [0.5, 0.6) is 0 Å². The van der Waals surface area contributed by atoms with E-state index >= 15 is 0 Å². The van der Waals surface area contributed by atoms with Gasteiger partial charge in [0.15, 0.2) is 0 Å². The third-order valence-corrected chi connectivity index (χ3v) is 3.79. The van der Waals surface area contributed by atoms with Crippen molar-refractivity contribution in [3.8, 4) is 0 Å². The van der Waals surface area contributed by atoms with E-state index in [1.54, 1.807) is 0 Å². The van der Waals surface area contributed by atoms with Crippen LogP contribution in [-0.2, 0) is 0 Å². The summed E-state index contributed by atoms with van der Waals surface area (Å²) in [6.07, 6.45) is -1.55. The lowest BCUT2D eigenvalue weighted by atomic mass is 9.79. The molecule has 1 aliphatic heterocycles. The highest BCUT2D eigenvalue weighted by Gasteiger charge is 2.36. The predicted octanol–water partition coefficient (Wildman–Crippen LogP) is 0.0121. The zero-order valence-electron chi connectivity index (χ0n) is 10.6. The van der Waals surface area contributed by atoms with Gasteiger partial charge < -0.3 is 20.6 Å². The number of nitrogens with one attached hydrogen (secondary N) is 1. The van der Waals surface area contributed by atoms with Crippen LogP contribution in [0.15, 0.2) is 24.3 Å². The molecule has 4 atom stereocenters. The zero-order valence-corrected chi connectivity index (χ0v) is 10.6. The Morgan fingerprint density at radius 2 is 1.89 bits per heavy atom. The van der Waals surface area contributed by atoms with Gasteiger partial charge in [-0.05, 0) is 12.5 Å². The fraction of sp³-hybridized carbons (Fsp3) is 0.571. The molecular formula is C14H21NO3. The summed E-state index contributed by atoms with van der Waals surface area (Å²) in [5, 5.41) is 32.4. The second kappa shape index (κ2) is 5.80. The smallest absolute Gasteiger partial charge is 0.0926 e. The van der Waals surface area contributed by atoms with E-state index in [0.29, 0.717) is 13.1 Å². The molecule has 4 heteroatoms. The second-order valence-corrected chi connectivity index (χ2v) is 5.08. The van der Waals surface area contributed by atoms with Gasteiger partial charge in [-0.15, -0.1) is 0 Å². The van der Waals surface area contributed by atoms with Crippen molar-refractivity contribution in [1.29, 1.82) is 0 Å². The Bertz CT molecular complexity index is 379. The second-order valence-electron chi connectivity index (χ2n) is 5.08. The first kappa shape index (κ1) is 13.5. The Morgan fingerprint density at radius 1 is 1.22 bits per heavy atom. The summed E-state index contributed by atoms with van der Waals surface area (Å²) in [5.74, 6) is -0.315. The number of aliphatic hydroxyl groups excluding tert-OH is 3. The quantitative estimate of drug-likeness (QED) is 0.611. The molecule has 0 spiro atoms. The minimum absolute atomic E-state index is 0.0286. The van der Waals surface area contributed by atoms with Crippen LogP contribution in [0.4, 0.5) is 0 Å². The number of rotatable bonds is 3. The number of β-amino-alcohol motifs (C(OH)–C–C–N with tert-alkyl or cyclic N) is 1. The first-order valence-corrected chi connectivity index (χ1v) is 6.37. The molecule has 0 radical (unpaired) electrons. The van der Waals surface area contributed by atoms with Crippen molar-refractivity contribution in [2.45, 2.75) is 25.0 Å². The lowest BCUT2D eigenvalue weighted by molar-refractivity contribution is -0.0472. The first-order valence-electron chi connectivity index (χ1n) is 6.37.